The fourth-order valence-electron chi connectivity index (χ4n) is 3.10. The van der Waals surface area contributed by atoms with E-state index in [4.69, 9.17) is 5.73 Å². The van der Waals surface area contributed by atoms with Crippen molar-refractivity contribution in [2.45, 2.75) is 25.8 Å². The minimum Gasteiger partial charge on any atom is -0.366 e. The minimum atomic E-state index is -0.441. The van der Waals surface area contributed by atoms with Crippen LogP contribution >= 0.6 is 0 Å². The normalized spacial score (nSPS) is 27.7. The molecule has 0 saturated heterocycles. The van der Waals surface area contributed by atoms with E-state index in [0.29, 0.717) is 12.1 Å². The quantitative estimate of drug-likeness (QED) is 0.858. The molecule has 2 unspecified atom stereocenters. The molecule has 1 aromatic carbocycles. The Morgan fingerprint density at radius 1 is 1.21 bits per heavy atom. The van der Waals surface area contributed by atoms with Crippen LogP contribution in [-0.4, -0.2) is 11.8 Å². The lowest BCUT2D eigenvalue weighted by Crippen LogP contribution is -2.29. The Bertz CT molecular complexity index is 517. The van der Waals surface area contributed by atoms with Crippen LogP contribution in [0, 0.1) is 17.8 Å². The van der Waals surface area contributed by atoms with Crippen molar-refractivity contribution in [2.75, 3.05) is 0 Å². The third kappa shape index (κ3) is 2.62. The van der Waals surface area contributed by atoms with Crippen LogP contribution in [0.1, 0.15) is 35.2 Å². The first kappa shape index (κ1) is 12.2. The zero-order valence-corrected chi connectivity index (χ0v) is 10.8. The van der Waals surface area contributed by atoms with Crippen molar-refractivity contribution >= 4 is 11.8 Å². The van der Waals surface area contributed by atoms with Crippen LogP contribution in [0.25, 0.3) is 0 Å². The lowest BCUT2D eigenvalue weighted by Gasteiger charge is -2.12. The van der Waals surface area contributed by atoms with Gasteiger partial charge in [-0.15, -0.1) is 0 Å². The molecule has 0 heterocycles. The van der Waals surface area contributed by atoms with Crippen LogP contribution in [0.4, 0.5) is 0 Å². The highest BCUT2D eigenvalue weighted by Gasteiger charge is 2.47. The van der Waals surface area contributed by atoms with Gasteiger partial charge in [0.25, 0.3) is 0 Å². The summed E-state index contributed by atoms with van der Waals surface area (Å²) in [4.78, 5) is 23.1. The van der Waals surface area contributed by atoms with Gasteiger partial charge in [-0.05, 0) is 48.8 Å². The highest BCUT2D eigenvalue weighted by molar-refractivity contribution is 5.92. The first-order valence-corrected chi connectivity index (χ1v) is 6.80. The van der Waals surface area contributed by atoms with Crippen LogP contribution in [0.2, 0.25) is 0 Å². The molecule has 2 fully saturated rings. The predicted octanol–water partition coefficient (Wildman–Crippen LogP) is 1.45. The van der Waals surface area contributed by atoms with Crippen LogP contribution in [0.3, 0.4) is 0 Å². The van der Waals surface area contributed by atoms with Gasteiger partial charge in [0.1, 0.15) is 0 Å². The highest BCUT2D eigenvalue weighted by atomic mass is 16.2. The molecule has 2 saturated carbocycles. The molecule has 100 valence electrons. The van der Waals surface area contributed by atoms with E-state index in [9.17, 15) is 9.59 Å². The molecule has 0 aromatic heterocycles. The maximum Gasteiger partial charge on any atom is 0.248 e. The van der Waals surface area contributed by atoms with Gasteiger partial charge in [0.05, 0.1) is 0 Å². The zero-order valence-electron chi connectivity index (χ0n) is 10.8. The van der Waals surface area contributed by atoms with Crippen molar-refractivity contribution in [1.29, 1.82) is 0 Å². The molecule has 0 bridgehead atoms. The molecule has 2 aliphatic rings. The Labute approximate surface area is 112 Å². The number of hydrogen-bond donors (Lipinski definition) is 2. The monoisotopic (exact) mass is 258 g/mol. The largest absolute Gasteiger partial charge is 0.366 e. The summed E-state index contributed by atoms with van der Waals surface area (Å²) in [5, 5.41) is 2.96. The number of primary amides is 1. The van der Waals surface area contributed by atoms with E-state index in [1.165, 1.54) is 6.42 Å². The number of fused-ring (bicyclic) bond motifs is 1. The van der Waals surface area contributed by atoms with Crippen LogP contribution in [-0.2, 0) is 11.3 Å². The minimum absolute atomic E-state index is 0.150. The van der Waals surface area contributed by atoms with Gasteiger partial charge in [-0.25, -0.2) is 0 Å². The van der Waals surface area contributed by atoms with Crippen molar-refractivity contribution < 1.29 is 9.59 Å². The first-order valence-electron chi connectivity index (χ1n) is 6.80. The average molecular weight is 258 g/mol. The van der Waals surface area contributed by atoms with E-state index < -0.39 is 5.91 Å². The molecule has 0 aliphatic heterocycles. The Hall–Kier alpha value is -1.84. The van der Waals surface area contributed by atoms with Gasteiger partial charge >= 0.3 is 0 Å². The summed E-state index contributed by atoms with van der Waals surface area (Å²) in [5.74, 6) is 1.53. The SMILES string of the molecule is NC(=O)c1cccc(CNC(=O)C2CC3CC3C2)c1. The van der Waals surface area contributed by atoms with Gasteiger partial charge < -0.3 is 11.1 Å². The zero-order chi connectivity index (χ0) is 13.4. The summed E-state index contributed by atoms with van der Waals surface area (Å²) >= 11 is 0. The molecule has 2 amide bonds. The maximum absolute atomic E-state index is 12.0. The molecule has 4 nitrogen and oxygen atoms in total. The number of carbonyl (C=O) groups excluding carboxylic acids is 2. The van der Waals surface area contributed by atoms with E-state index in [0.717, 1.165) is 30.2 Å². The molecular formula is C15H18N2O2. The van der Waals surface area contributed by atoms with E-state index in [2.05, 4.69) is 5.32 Å². The summed E-state index contributed by atoms with van der Waals surface area (Å²) in [6.45, 7) is 0.464. The first-order chi connectivity index (χ1) is 9.13. The van der Waals surface area contributed by atoms with Crippen molar-refractivity contribution in [3.63, 3.8) is 0 Å². The smallest absolute Gasteiger partial charge is 0.248 e. The Morgan fingerprint density at radius 2 is 1.95 bits per heavy atom. The predicted molar refractivity (Wildman–Crippen MR) is 71.1 cm³/mol. The van der Waals surface area contributed by atoms with E-state index in [-0.39, 0.29) is 11.8 Å². The van der Waals surface area contributed by atoms with Crippen LogP contribution < -0.4 is 11.1 Å². The van der Waals surface area contributed by atoms with Gasteiger partial charge in [-0.2, -0.15) is 0 Å². The Balaban J connectivity index is 1.55. The van der Waals surface area contributed by atoms with Crippen LogP contribution in [0.15, 0.2) is 24.3 Å². The summed E-state index contributed by atoms with van der Waals surface area (Å²) in [6, 6.07) is 7.08. The van der Waals surface area contributed by atoms with Crippen molar-refractivity contribution in [2.24, 2.45) is 23.5 Å². The molecule has 0 spiro atoms. The summed E-state index contributed by atoms with van der Waals surface area (Å²) < 4.78 is 0. The van der Waals surface area contributed by atoms with Gasteiger partial charge in [0, 0.05) is 18.0 Å². The molecule has 19 heavy (non-hydrogen) atoms. The molecule has 2 atom stereocenters. The van der Waals surface area contributed by atoms with E-state index >= 15 is 0 Å². The number of hydrogen-bond acceptors (Lipinski definition) is 2. The molecule has 0 radical (unpaired) electrons. The third-order valence-electron chi connectivity index (χ3n) is 4.29. The second-order valence-electron chi connectivity index (χ2n) is 5.71. The van der Waals surface area contributed by atoms with Gasteiger partial charge in [-0.1, -0.05) is 12.1 Å². The van der Waals surface area contributed by atoms with E-state index in [1.54, 1.807) is 18.2 Å². The number of rotatable bonds is 4. The van der Waals surface area contributed by atoms with Crippen molar-refractivity contribution in [3.8, 4) is 0 Å². The molecule has 2 aliphatic carbocycles. The third-order valence-corrected chi connectivity index (χ3v) is 4.29. The van der Waals surface area contributed by atoms with E-state index in [1.807, 2.05) is 6.07 Å². The number of nitrogens with one attached hydrogen (secondary N) is 1. The fraction of sp³-hybridized carbons (Fsp3) is 0.467. The number of benzene rings is 1. The van der Waals surface area contributed by atoms with Crippen LogP contribution in [0.5, 0.6) is 0 Å². The summed E-state index contributed by atoms with van der Waals surface area (Å²) in [7, 11) is 0. The second-order valence-corrected chi connectivity index (χ2v) is 5.71. The van der Waals surface area contributed by atoms with Gasteiger partial charge in [0.2, 0.25) is 11.8 Å². The molecular weight excluding hydrogens is 240 g/mol. The average Bonchev–Trinajstić information content (AvgIpc) is 3.03. The number of carbonyl (C=O) groups is 2. The van der Waals surface area contributed by atoms with Gasteiger partial charge in [0.15, 0.2) is 0 Å². The van der Waals surface area contributed by atoms with Crippen molar-refractivity contribution in [3.05, 3.63) is 35.4 Å². The maximum atomic E-state index is 12.0. The van der Waals surface area contributed by atoms with Crippen molar-refractivity contribution in [1.82, 2.24) is 5.32 Å². The number of nitrogens with two attached hydrogens (primary N) is 1. The fourth-order valence-corrected chi connectivity index (χ4v) is 3.10. The molecule has 3 rings (SSSR count). The highest BCUT2D eigenvalue weighted by Crippen LogP contribution is 2.54. The standard InChI is InChI=1S/C15H18N2O2/c16-14(18)10-3-1-2-9(4-10)8-17-15(19)13-6-11-5-12(11)7-13/h1-4,11-13H,5-8H2,(H2,16,18)(H,17,19). The molecule has 1 aromatic rings. The topological polar surface area (TPSA) is 72.2 Å². The lowest BCUT2D eigenvalue weighted by molar-refractivity contribution is -0.125. The van der Waals surface area contributed by atoms with Gasteiger partial charge in [-0.3, -0.25) is 9.59 Å². The molecule has 4 heteroatoms. The second kappa shape index (κ2) is 4.68. The lowest BCUT2D eigenvalue weighted by atomic mass is 10.0. The Morgan fingerprint density at radius 3 is 2.63 bits per heavy atom. The Kier molecular flexibility index (Phi) is 3.01. The number of amides is 2. The molecule has 3 N–H and O–H groups in total. The summed E-state index contributed by atoms with van der Waals surface area (Å²) in [6.07, 6.45) is 3.43. The summed E-state index contributed by atoms with van der Waals surface area (Å²) in [5.41, 5.74) is 6.62.